The van der Waals surface area contributed by atoms with Gasteiger partial charge in [-0.25, -0.2) is 14.3 Å². The van der Waals surface area contributed by atoms with Crippen LogP contribution in [-0.2, 0) is 27.4 Å². The van der Waals surface area contributed by atoms with Crippen molar-refractivity contribution in [2.75, 3.05) is 0 Å². The quantitative estimate of drug-likeness (QED) is 0.315. The Hall–Kier alpha value is -3.34. The van der Waals surface area contributed by atoms with Gasteiger partial charge in [0.05, 0.1) is 31.1 Å². The van der Waals surface area contributed by atoms with E-state index in [0.29, 0.717) is 24.2 Å². The summed E-state index contributed by atoms with van der Waals surface area (Å²) in [7, 11) is 0. The van der Waals surface area contributed by atoms with Gasteiger partial charge in [0.25, 0.3) is 5.56 Å². The Labute approximate surface area is 187 Å². The molecule has 4 heterocycles. The van der Waals surface area contributed by atoms with Crippen molar-refractivity contribution in [3.8, 4) is 0 Å². The number of carbonyl (C=O) groups is 1. The molecule has 0 spiro atoms. The van der Waals surface area contributed by atoms with Gasteiger partial charge in [0.2, 0.25) is 5.82 Å². The zero-order valence-electron chi connectivity index (χ0n) is 18.1. The molecule has 1 N–H and O–H groups in total. The Morgan fingerprint density at radius 3 is 2.94 bits per heavy atom. The average molecular weight is 457 g/mol. The van der Waals surface area contributed by atoms with Gasteiger partial charge in [-0.2, -0.15) is 4.39 Å². The second-order valence-electron chi connectivity index (χ2n) is 9.06. The predicted octanol–water partition coefficient (Wildman–Crippen LogP) is 1.07. The van der Waals surface area contributed by atoms with Crippen LogP contribution < -0.4 is 11.2 Å². The molecule has 2 aromatic rings. The minimum Gasteiger partial charge on any atom is -0.455 e. The first-order chi connectivity index (χ1) is 15.7. The van der Waals surface area contributed by atoms with Crippen LogP contribution >= 0.6 is 0 Å². The minimum atomic E-state index is -1.06. The molecule has 0 unspecified atom stereocenters. The van der Waals surface area contributed by atoms with Gasteiger partial charge < -0.3 is 9.47 Å². The first kappa shape index (κ1) is 21.5. The molecule has 2 saturated heterocycles. The number of carbonyl (C=O) groups excluding carboxylic acids is 1. The van der Waals surface area contributed by atoms with Gasteiger partial charge in [0.15, 0.2) is 0 Å². The molecule has 33 heavy (non-hydrogen) atoms. The second-order valence-corrected chi connectivity index (χ2v) is 9.06. The molecule has 1 aliphatic carbocycles. The van der Waals surface area contributed by atoms with Crippen molar-refractivity contribution in [3.63, 3.8) is 0 Å². The Morgan fingerprint density at radius 1 is 1.30 bits per heavy atom. The van der Waals surface area contributed by atoms with Crippen LogP contribution in [0.1, 0.15) is 38.3 Å². The third-order valence-electron chi connectivity index (χ3n) is 6.69. The Morgan fingerprint density at radius 2 is 2.12 bits per heavy atom. The van der Waals surface area contributed by atoms with Crippen LogP contribution in [0.5, 0.6) is 0 Å². The van der Waals surface area contributed by atoms with Crippen molar-refractivity contribution in [1.82, 2.24) is 24.5 Å². The second kappa shape index (κ2) is 7.91. The number of esters is 1. The number of hydrogen-bond donors (Lipinski definition) is 1. The largest absolute Gasteiger partial charge is 0.455 e. The number of nitrogens with one attached hydrogen (secondary N) is 1. The van der Waals surface area contributed by atoms with Crippen molar-refractivity contribution in [1.29, 1.82) is 0 Å². The van der Waals surface area contributed by atoms with E-state index >= 15 is 0 Å². The van der Waals surface area contributed by atoms with Gasteiger partial charge in [-0.1, -0.05) is 23.4 Å². The standard InChI is InChI=1S/C22H24FN5O5/c1-12-15-6-5-13(4-3-7-22(2)18(33-22)17(15)32-20(12)30)8-28-10-14(25-26-28)9-27-11-16(23)19(29)24-21(27)31/h4,10-11,15,17-18H,1,3,5-9H2,2H3,(H,24,29,31)/b13-4+/t15-,17-,18-,22+/m0/s1. The summed E-state index contributed by atoms with van der Waals surface area (Å²) in [6.07, 6.45) is 7.42. The lowest BCUT2D eigenvalue weighted by Gasteiger charge is -2.20. The number of halogens is 1. The first-order valence-electron chi connectivity index (χ1n) is 10.9. The number of rotatable bonds is 4. The fourth-order valence-corrected chi connectivity index (χ4v) is 4.73. The summed E-state index contributed by atoms with van der Waals surface area (Å²) >= 11 is 0. The van der Waals surface area contributed by atoms with Crippen molar-refractivity contribution >= 4 is 5.97 Å². The Bertz CT molecular complexity index is 1280. The Balaban J connectivity index is 1.30. The van der Waals surface area contributed by atoms with Crippen LogP contribution in [0.4, 0.5) is 4.39 Å². The molecule has 10 nitrogen and oxygen atoms in total. The van der Waals surface area contributed by atoms with Gasteiger partial charge in [-0.3, -0.25) is 14.3 Å². The smallest absolute Gasteiger partial charge is 0.334 e. The molecule has 0 amide bonds. The van der Waals surface area contributed by atoms with Crippen LogP contribution in [0.15, 0.2) is 45.8 Å². The molecule has 2 aromatic heterocycles. The number of allylic oxidation sites excluding steroid dienone is 2. The highest BCUT2D eigenvalue weighted by atomic mass is 19.1. The third-order valence-corrected chi connectivity index (χ3v) is 6.69. The van der Waals surface area contributed by atoms with E-state index in [-0.39, 0.29) is 36.2 Å². The fraction of sp³-hybridized carbons (Fsp3) is 0.500. The molecule has 0 saturated carbocycles. The van der Waals surface area contributed by atoms with E-state index in [4.69, 9.17) is 9.47 Å². The highest BCUT2D eigenvalue weighted by molar-refractivity contribution is 5.91. The molecule has 174 valence electrons. The highest BCUT2D eigenvalue weighted by Crippen LogP contribution is 2.49. The van der Waals surface area contributed by atoms with E-state index < -0.39 is 17.1 Å². The maximum absolute atomic E-state index is 13.5. The van der Waals surface area contributed by atoms with E-state index in [1.165, 1.54) is 0 Å². The predicted molar refractivity (Wildman–Crippen MR) is 113 cm³/mol. The maximum Gasteiger partial charge on any atom is 0.334 e. The van der Waals surface area contributed by atoms with Gasteiger partial charge in [-0.05, 0) is 32.6 Å². The van der Waals surface area contributed by atoms with E-state index in [1.54, 1.807) is 10.9 Å². The summed E-state index contributed by atoms with van der Waals surface area (Å²) in [6.45, 7) is 6.45. The van der Waals surface area contributed by atoms with Crippen molar-refractivity contribution in [3.05, 3.63) is 68.5 Å². The van der Waals surface area contributed by atoms with Gasteiger partial charge in [0.1, 0.15) is 17.9 Å². The van der Waals surface area contributed by atoms with Crippen molar-refractivity contribution < 1.29 is 18.7 Å². The van der Waals surface area contributed by atoms with E-state index in [2.05, 4.69) is 23.0 Å². The number of ether oxygens (including phenoxy) is 2. The number of H-pyrrole nitrogens is 1. The van der Waals surface area contributed by atoms with E-state index in [1.807, 2.05) is 11.9 Å². The normalized spacial score (nSPS) is 30.7. The zero-order chi connectivity index (χ0) is 23.3. The van der Waals surface area contributed by atoms with Crippen LogP contribution in [0.25, 0.3) is 0 Å². The molecule has 5 rings (SSSR count). The third kappa shape index (κ3) is 4.08. The molecule has 2 fully saturated rings. The lowest BCUT2D eigenvalue weighted by atomic mass is 9.84. The zero-order valence-corrected chi connectivity index (χ0v) is 18.1. The molecular formula is C22H24FN5O5. The molecule has 2 aliphatic heterocycles. The summed E-state index contributed by atoms with van der Waals surface area (Å²) < 4.78 is 27.7. The van der Waals surface area contributed by atoms with Crippen LogP contribution in [0.3, 0.4) is 0 Å². The molecule has 11 heteroatoms. The summed E-state index contributed by atoms with van der Waals surface area (Å²) in [5.41, 5.74) is 0.00890. The number of hydrogen-bond acceptors (Lipinski definition) is 7. The summed E-state index contributed by atoms with van der Waals surface area (Å²) in [5.74, 6) is -1.47. The lowest BCUT2D eigenvalue weighted by molar-refractivity contribution is -0.140. The Kier molecular flexibility index (Phi) is 5.15. The number of nitrogens with zero attached hydrogens (tertiary/aromatic N) is 4. The van der Waals surface area contributed by atoms with Gasteiger partial charge in [0, 0.05) is 11.5 Å². The highest BCUT2D eigenvalue weighted by Gasteiger charge is 2.61. The number of epoxide rings is 1. The topological polar surface area (TPSA) is 124 Å². The number of aromatic nitrogens is 5. The van der Waals surface area contributed by atoms with E-state index in [9.17, 15) is 18.8 Å². The van der Waals surface area contributed by atoms with Gasteiger partial charge >= 0.3 is 11.7 Å². The molecule has 3 aliphatic rings. The molecule has 0 aromatic carbocycles. The summed E-state index contributed by atoms with van der Waals surface area (Å²) in [4.78, 5) is 37.1. The fourth-order valence-electron chi connectivity index (χ4n) is 4.73. The van der Waals surface area contributed by atoms with Crippen molar-refractivity contribution in [2.45, 2.75) is 63.5 Å². The number of aromatic amines is 1. The minimum absolute atomic E-state index is 0.0221. The van der Waals surface area contributed by atoms with Crippen LogP contribution in [0.2, 0.25) is 0 Å². The maximum atomic E-state index is 13.5. The SMILES string of the molecule is C=C1C(=O)O[C@H]2[C@H]1CC/C(Cn1cc(Cn3cc(F)c(=O)[nH]c3=O)nn1)=C\CC[C@@]1(C)O[C@@H]21. The van der Waals surface area contributed by atoms with E-state index in [0.717, 1.165) is 35.6 Å². The van der Waals surface area contributed by atoms with Crippen molar-refractivity contribution in [2.24, 2.45) is 5.92 Å². The molecule has 0 radical (unpaired) electrons. The first-order valence-corrected chi connectivity index (χ1v) is 10.9. The van der Waals surface area contributed by atoms with Gasteiger partial charge in [-0.15, -0.1) is 5.10 Å². The number of fused-ring (bicyclic) bond motifs is 3. The molecule has 0 bridgehead atoms. The molecular weight excluding hydrogens is 433 g/mol. The van der Waals surface area contributed by atoms with Crippen LogP contribution in [0, 0.1) is 11.7 Å². The summed E-state index contributed by atoms with van der Waals surface area (Å²) in [6, 6.07) is 0. The average Bonchev–Trinajstić information content (AvgIpc) is 3.08. The lowest BCUT2D eigenvalue weighted by Crippen LogP contribution is -2.31. The monoisotopic (exact) mass is 457 g/mol. The summed E-state index contributed by atoms with van der Waals surface area (Å²) in [5, 5.41) is 8.19. The molecule has 4 atom stereocenters. The van der Waals surface area contributed by atoms with Crippen LogP contribution in [-0.4, -0.2) is 48.3 Å².